The zero-order valence-corrected chi connectivity index (χ0v) is 20.1. The number of fused-ring (bicyclic) bond motifs is 1. The lowest BCUT2D eigenvalue weighted by molar-refractivity contribution is -0.139. The van der Waals surface area contributed by atoms with Crippen molar-refractivity contribution < 1.29 is 23.9 Å². The molecular weight excluding hydrogens is 444 g/mol. The minimum atomic E-state index is -0.569. The minimum absolute atomic E-state index is 0.0177. The molecule has 3 aliphatic rings. The molecule has 5 rings (SSSR count). The highest BCUT2D eigenvalue weighted by Gasteiger charge is 2.50. The molecule has 2 aliphatic heterocycles. The zero-order valence-electron chi connectivity index (χ0n) is 20.1. The van der Waals surface area contributed by atoms with E-state index in [-0.39, 0.29) is 48.4 Å². The first kappa shape index (κ1) is 23.0. The van der Waals surface area contributed by atoms with E-state index in [4.69, 9.17) is 4.74 Å². The van der Waals surface area contributed by atoms with Crippen molar-refractivity contribution in [1.82, 2.24) is 0 Å². The molecule has 0 spiro atoms. The average molecular weight is 473 g/mol. The van der Waals surface area contributed by atoms with Crippen molar-refractivity contribution in [1.29, 1.82) is 0 Å². The summed E-state index contributed by atoms with van der Waals surface area (Å²) in [5.74, 6) is -1.81. The fourth-order valence-electron chi connectivity index (χ4n) is 5.49. The molecule has 7 nitrogen and oxygen atoms in total. The first-order valence-corrected chi connectivity index (χ1v) is 12.0. The maximum absolute atomic E-state index is 13.1. The van der Waals surface area contributed by atoms with Crippen LogP contribution in [-0.4, -0.2) is 30.2 Å². The smallest absolute Gasteiger partial charge is 0.316 e. The number of esters is 1. The Hall–Kier alpha value is -3.74. The van der Waals surface area contributed by atoms with E-state index in [1.54, 1.807) is 30.0 Å². The van der Waals surface area contributed by atoms with Crippen LogP contribution in [0.1, 0.15) is 30.9 Å². The molecule has 2 aromatic rings. The van der Waals surface area contributed by atoms with E-state index >= 15 is 0 Å². The predicted molar refractivity (Wildman–Crippen MR) is 131 cm³/mol. The van der Waals surface area contributed by atoms with Crippen LogP contribution in [0, 0.1) is 37.5 Å². The molecule has 2 saturated heterocycles. The summed E-state index contributed by atoms with van der Waals surface area (Å²) in [6, 6.07) is 12.5. The Morgan fingerprint density at radius 2 is 1.74 bits per heavy atom. The van der Waals surface area contributed by atoms with Gasteiger partial charge in [-0.15, -0.1) is 0 Å². The lowest BCUT2D eigenvalue weighted by atomic mass is 9.78. The summed E-state index contributed by atoms with van der Waals surface area (Å²) in [5, 5.41) is 0. The SMILES string of the molecule is Cc1ccccc1N1C[C@H](C(=O)Oc2ccc(N3C(=O)[C@H]4[C@H](C)C=CC[C@H]4C3=O)c(C)c2)CC1=O. The number of amides is 3. The molecule has 0 aromatic heterocycles. The third-order valence-electron chi connectivity index (χ3n) is 7.36. The number of anilines is 2. The number of rotatable bonds is 4. The summed E-state index contributed by atoms with van der Waals surface area (Å²) in [6.45, 7) is 5.95. The number of ether oxygens (including phenoxy) is 1. The third kappa shape index (κ3) is 3.95. The van der Waals surface area contributed by atoms with Crippen LogP contribution in [-0.2, 0) is 19.2 Å². The Morgan fingerprint density at radius 3 is 2.46 bits per heavy atom. The summed E-state index contributed by atoms with van der Waals surface area (Å²) in [5.41, 5.74) is 2.96. The van der Waals surface area contributed by atoms with Crippen LogP contribution in [0.4, 0.5) is 11.4 Å². The Labute approximate surface area is 204 Å². The van der Waals surface area contributed by atoms with Crippen LogP contribution >= 0.6 is 0 Å². The molecule has 1 aliphatic carbocycles. The molecule has 3 amide bonds. The van der Waals surface area contributed by atoms with Gasteiger partial charge in [0, 0.05) is 18.7 Å². The molecule has 0 bridgehead atoms. The molecule has 0 unspecified atom stereocenters. The van der Waals surface area contributed by atoms with Crippen molar-refractivity contribution in [2.75, 3.05) is 16.3 Å². The molecule has 2 fully saturated rings. The van der Waals surface area contributed by atoms with Crippen molar-refractivity contribution in [2.45, 2.75) is 33.6 Å². The van der Waals surface area contributed by atoms with Gasteiger partial charge in [-0.2, -0.15) is 0 Å². The first-order valence-electron chi connectivity index (χ1n) is 12.0. The summed E-state index contributed by atoms with van der Waals surface area (Å²) < 4.78 is 5.61. The molecule has 4 atom stereocenters. The Balaban J connectivity index is 1.30. The summed E-state index contributed by atoms with van der Waals surface area (Å²) >= 11 is 0. The van der Waals surface area contributed by atoms with Gasteiger partial charge in [-0.3, -0.25) is 19.2 Å². The van der Waals surface area contributed by atoms with Crippen LogP contribution in [0.2, 0.25) is 0 Å². The van der Waals surface area contributed by atoms with Gasteiger partial charge in [-0.25, -0.2) is 4.90 Å². The lowest BCUT2D eigenvalue weighted by Crippen LogP contribution is -2.32. The number of nitrogens with zero attached hydrogens (tertiary/aromatic N) is 2. The van der Waals surface area contributed by atoms with E-state index in [1.807, 2.05) is 50.3 Å². The number of carbonyl (C=O) groups is 4. The number of para-hydroxylation sites is 1. The number of imide groups is 1. The Kier molecular flexibility index (Phi) is 5.79. The van der Waals surface area contributed by atoms with E-state index in [0.29, 0.717) is 23.4 Å². The molecule has 0 radical (unpaired) electrons. The van der Waals surface area contributed by atoms with E-state index < -0.39 is 11.9 Å². The molecule has 2 heterocycles. The van der Waals surface area contributed by atoms with Gasteiger partial charge in [-0.05, 0) is 61.6 Å². The third-order valence-corrected chi connectivity index (χ3v) is 7.36. The average Bonchev–Trinajstić information content (AvgIpc) is 3.33. The summed E-state index contributed by atoms with van der Waals surface area (Å²) in [7, 11) is 0. The normalized spacial score (nSPS) is 25.9. The maximum Gasteiger partial charge on any atom is 0.316 e. The minimum Gasteiger partial charge on any atom is -0.426 e. The highest BCUT2D eigenvalue weighted by molar-refractivity contribution is 6.22. The van der Waals surface area contributed by atoms with Crippen molar-refractivity contribution in [3.63, 3.8) is 0 Å². The quantitative estimate of drug-likeness (QED) is 0.291. The number of benzene rings is 2. The van der Waals surface area contributed by atoms with Crippen LogP contribution < -0.4 is 14.5 Å². The van der Waals surface area contributed by atoms with Crippen molar-refractivity contribution in [3.05, 3.63) is 65.7 Å². The van der Waals surface area contributed by atoms with E-state index in [1.165, 1.54) is 4.90 Å². The molecule has 7 heteroatoms. The van der Waals surface area contributed by atoms with Gasteiger partial charge < -0.3 is 9.64 Å². The van der Waals surface area contributed by atoms with Crippen LogP contribution in [0.25, 0.3) is 0 Å². The van der Waals surface area contributed by atoms with Crippen LogP contribution in [0.3, 0.4) is 0 Å². The van der Waals surface area contributed by atoms with E-state index in [9.17, 15) is 19.2 Å². The van der Waals surface area contributed by atoms with Gasteiger partial charge in [0.1, 0.15) is 5.75 Å². The van der Waals surface area contributed by atoms with Crippen LogP contribution in [0.5, 0.6) is 5.75 Å². The molecule has 0 N–H and O–H groups in total. The predicted octanol–water partition coefficient (Wildman–Crippen LogP) is 3.96. The molecular formula is C28H28N2O5. The molecule has 180 valence electrons. The van der Waals surface area contributed by atoms with E-state index in [0.717, 1.165) is 11.3 Å². The Bertz CT molecular complexity index is 1270. The Morgan fingerprint density at radius 1 is 0.971 bits per heavy atom. The summed E-state index contributed by atoms with van der Waals surface area (Å²) in [6.07, 6.45) is 4.64. The van der Waals surface area contributed by atoms with Gasteiger partial charge >= 0.3 is 5.97 Å². The largest absolute Gasteiger partial charge is 0.426 e. The number of carbonyl (C=O) groups excluding carboxylic acids is 4. The molecule has 2 aromatic carbocycles. The van der Waals surface area contributed by atoms with Gasteiger partial charge in [-0.1, -0.05) is 37.3 Å². The monoisotopic (exact) mass is 472 g/mol. The van der Waals surface area contributed by atoms with Crippen molar-refractivity contribution >= 4 is 35.1 Å². The zero-order chi connectivity index (χ0) is 24.9. The fourth-order valence-corrected chi connectivity index (χ4v) is 5.49. The topological polar surface area (TPSA) is 84.0 Å². The van der Waals surface area contributed by atoms with Crippen LogP contribution in [0.15, 0.2) is 54.6 Å². The van der Waals surface area contributed by atoms with Gasteiger partial charge in [0.15, 0.2) is 0 Å². The molecule has 0 saturated carbocycles. The van der Waals surface area contributed by atoms with Crippen molar-refractivity contribution in [3.8, 4) is 5.75 Å². The first-order chi connectivity index (χ1) is 16.8. The van der Waals surface area contributed by atoms with Gasteiger partial charge in [0.05, 0.1) is 23.4 Å². The second kappa shape index (κ2) is 8.80. The summed E-state index contributed by atoms with van der Waals surface area (Å²) in [4.78, 5) is 54.5. The van der Waals surface area contributed by atoms with Gasteiger partial charge in [0.25, 0.3) is 0 Å². The van der Waals surface area contributed by atoms with E-state index in [2.05, 4.69) is 0 Å². The number of hydrogen-bond acceptors (Lipinski definition) is 5. The number of allylic oxidation sites excluding steroid dienone is 2. The number of aryl methyl sites for hydroxylation is 2. The van der Waals surface area contributed by atoms with Crippen molar-refractivity contribution in [2.24, 2.45) is 23.7 Å². The maximum atomic E-state index is 13.1. The number of hydrogen-bond donors (Lipinski definition) is 0. The fraction of sp³-hybridized carbons (Fsp3) is 0.357. The highest BCUT2D eigenvalue weighted by atomic mass is 16.5. The lowest BCUT2D eigenvalue weighted by Gasteiger charge is -2.22. The second-order valence-corrected chi connectivity index (χ2v) is 9.73. The standard InChI is InChI=1S/C28H28N2O5/c1-16-7-4-5-10-22(16)29-15-19(14-24(29)31)28(34)35-20-11-12-23(18(3)13-20)30-26(32)21-9-6-8-17(2)25(21)27(30)33/h4-8,10-13,17,19,21,25H,9,14-15H2,1-3H3/t17-,19-,21-,25+/m1/s1. The second-order valence-electron chi connectivity index (χ2n) is 9.73. The highest BCUT2D eigenvalue weighted by Crippen LogP contribution is 2.41. The van der Waals surface area contributed by atoms with Gasteiger partial charge in [0.2, 0.25) is 17.7 Å². The molecule has 35 heavy (non-hydrogen) atoms.